The fraction of sp³-hybridized carbons (Fsp3) is 0.412. The Hall–Kier alpha value is -2.61. The van der Waals surface area contributed by atoms with Crippen molar-refractivity contribution in [2.75, 3.05) is 13.1 Å². The van der Waals surface area contributed by atoms with Crippen molar-refractivity contribution in [2.45, 2.75) is 27.2 Å². The molecule has 0 spiro atoms. The highest BCUT2D eigenvalue weighted by Gasteiger charge is 2.33. The van der Waals surface area contributed by atoms with E-state index in [1.165, 1.54) is 16.1 Å². The van der Waals surface area contributed by atoms with E-state index in [0.717, 1.165) is 5.69 Å². The molecule has 0 aromatic carbocycles. The number of hydrogen-bond acceptors (Lipinski definition) is 5. The highest BCUT2D eigenvalue weighted by Crippen LogP contribution is 2.22. The van der Waals surface area contributed by atoms with Crippen LogP contribution < -0.4 is 0 Å². The number of nitrogens with zero attached hydrogens (tertiary/aromatic N) is 5. The minimum absolute atomic E-state index is 0.281. The Morgan fingerprint density at radius 2 is 1.85 bits per heavy atom. The molecule has 0 aliphatic carbocycles. The molecule has 2 amide bonds. The van der Waals surface area contributed by atoms with E-state index in [-0.39, 0.29) is 11.8 Å². The van der Waals surface area contributed by atoms with E-state index in [9.17, 15) is 9.59 Å². The molecule has 0 saturated carbocycles. The van der Waals surface area contributed by atoms with Crippen molar-refractivity contribution in [1.82, 2.24) is 25.0 Å². The summed E-state index contributed by atoms with van der Waals surface area (Å²) in [5.74, 6) is -0.127. The third kappa shape index (κ3) is 3.12. The van der Waals surface area contributed by atoms with Crippen molar-refractivity contribution in [1.29, 1.82) is 0 Å². The van der Waals surface area contributed by atoms with Gasteiger partial charge in [0, 0.05) is 31.8 Å². The maximum Gasteiger partial charge on any atom is 0.277 e. The molecule has 2 aromatic heterocycles. The second kappa shape index (κ2) is 6.95. The Morgan fingerprint density at radius 1 is 1.15 bits per heavy atom. The van der Waals surface area contributed by atoms with Crippen LogP contribution in [0.25, 0.3) is 6.08 Å². The van der Waals surface area contributed by atoms with E-state index in [1.807, 2.05) is 6.92 Å². The number of amides is 2. The van der Waals surface area contributed by atoms with E-state index in [2.05, 4.69) is 10.3 Å². The monoisotopic (exact) mass is 377 g/mol. The predicted octanol–water partition coefficient (Wildman–Crippen LogP) is 2.29. The minimum Gasteiger partial charge on any atom is -0.361 e. The topological polar surface area (TPSA) is 84.5 Å². The lowest BCUT2D eigenvalue weighted by Gasteiger charge is -2.26. The molecule has 0 radical (unpaired) electrons. The molecule has 1 saturated heterocycles. The first-order chi connectivity index (χ1) is 12.3. The lowest BCUT2D eigenvalue weighted by atomic mass is 10.2. The molecule has 1 aliphatic rings. The van der Waals surface area contributed by atoms with Crippen molar-refractivity contribution in [3.63, 3.8) is 0 Å². The SMILES string of the molecule is Cc1nn(C)c(Cl)c1C=CC(=O)N1CCCN1C(=O)c1c(C)noc1C. The van der Waals surface area contributed by atoms with E-state index in [0.29, 0.717) is 47.2 Å². The summed E-state index contributed by atoms with van der Waals surface area (Å²) in [7, 11) is 1.74. The number of hydrazine groups is 1. The molecule has 0 N–H and O–H groups in total. The average molecular weight is 378 g/mol. The zero-order chi connectivity index (χ0) is 19.0. The summed E-state index contributed by atoms with van der Waals surface area (Å²) in [5, 5.41) is 11.4. The van der Waals surface area contributed by atoms with Crippen LogP contribution >= 0.6 is 11.6 Å². The van der Waals surface area contributed by atoms with Crippen molar-refractivity contribution in [3.8, 4) is 0 Å². The molecule has 138 valence electrons. The molecule has 9 heteroatoms. The van der Waals surface area contributed by atoms with Crippen LogP contribution in [0.1, 0.15) is 39.5 Å². The summed E-state index contributed by atoms with van der Waals surface area (Å²) in [6.45, 7) is 6.15. The Bertz CT molecular complexity index is 879. The van der Waals surface area contributed by atoms with Crippen LogP contribution in [0.15, 0.2) is 10.6 Å². The van der Waals surface area contributed by atoms with Crippen LogP contribution in [0.3, 0.4) is 0 Å². The number of carbonyl (C=O) groups excluding carboxylic acids is 2. The summed E-state index contributed by atoms with van der Waals surface area (Å²) >= 11 is 6.18. The van der Waals surface area contributed by atoms with E-state index < -0.39 is 0 Å². The van der Waals surface area contributed by atoms with Gasteiger partial charge in [0.15, 0.2) is 0 Å². The first-order valence-corrected chi connectivity index (χ1v) is 8.62. The Morgan fingerprint density at radius 3 is 2.42 bits per heavy atom. The lowest BCUT2D eigenvalue weighted by molar-refractivity contribution is -0.134. The first-order valence-electron chi connectivity index (χ1n) is 8.24. The zero-order valence-corrected chi connectivity index (χ0v) is 15.9. The van der Waals surface area contributed by atoms with Crippen LogP contribution in [0.5, 0.6) is 0 Å². The van der Waals surface area contributed by atoms with Crippen molar-refractivity contribution < 1.29 is 14.1 Å². The predicted molar refractivity (Wildman–Crippen MR) is 95.3 cm³/mol. The van der Waals surface area contributed by atoms with Crippen LogP contribution in [0.2, 0.25) is 5.15 Å². The van der Waals surface area contributed by atoms with Gasteiger partial charge in [-0.2, -0.15) is 5.10 Å². The van der Waals surface area contributed by atoms with E-state index in [4.69, 9.17) is 16.1 Å². The standard InChI is InChI=1S/C17H20ClN5O3/c1-10-13(16(18)21(4)19-10)6-7-14(24)22-8-5-9-23(22)17(25)15-11(2)20-26-12(15)3/h6-7H,5,8-9H2,1-4H3. The maximum atomic E-state index is 12.8. The normalized spacial score (nSPS) is 14.7. The van der Waals surface area contributed by atoms with Gasteiger partial charge >= 0.3 is 0 Å². The van der Waals surface area contributed by atoms with Gasteiger partial charge in [-0.15, -0.1) is 0 Å². The molecule has 1 aliphatic heterocycles. The van der Waals surface area contributed by atoms with E-state index >= 15 is 0 Å². The van der Waals surface area contributed by atoms with Crippen molar-refractivity contribution >= 4 is 29.5 Å². The second-order valence-electron chi connectivity index (χ2n) is 6.19. The quantitative estimate of drug-likeness (QED) is 0.766. The molecule has 3 rings (SSSR count). The second-order valence-corrected chi connectivity index (χ2v) is 6.55. The number of halogens is 1. The molecule has 3 heterocycles. The number of aryl methyl sites for hydroxylation is 4. The minimum atomic E-state index is -0.290. The van der Waals surface area contributed by atoms with Gasteiger partial charge in [-0.05, 0) is 33.3 Å². The van der Waals surface area contributed by atoms with Gasteiger partial charge in [-0.3, -0.25) is 14.3 Å². The summed E-state index contributed by atoms with van der Waals surface area (Å²) in [6.07, 6.45) is 3.75. The van der Waals surface area contributed by atoms with Gasteiger partial charge in [0.25, 0.3) is 11.8 Å². The number of rotatable bonds is 3. The Balaban J connectivity index is 1.80. The molecule has 2 aromatic rings. The zero-order valence-electron chi connectivity index (χ0n) is 15.1. The number of carbonyl (C=O) groups is 2. The van der Waals surface area contributed by atoms with Crippen molar-refractivity contribution in [3.05, 3.63) is 39.5 Å². The van der Waals surface area contributed by atoms with Crippen molar-refractivity contribution in [2.24, 2.45) is 7.05 Å². The summed E-state index contributed by atoms with van der Waals surface area (Å²) in [6, 6.07) is 0. The molecular formula is C17H20ClN5O3. The van der Waals surface area contributed by atoms with Gasteiger partial charge in [0.05, 0.1) is 11.4 Å². The molecule has 0 atom stereocenters. The molecule has 1 fully saturated rings. The molecule has 26 heavy (non-hydrogen) atoms. The largest absolute Gasteiger partial charge is 0.361 e. The van der Waals surface area contributed by atoms with Gasteiger partial charge < -0.3 is 4.52 Å². The number of aromatic nitrogens is 3. The Kier molecular flexibility index (Phi) is 4.86. The maximum absolute atomic E-state index is 12.8. The fourth-order valence-corrected chi connectivity index (χ4v) is 3.28. The highest BCUT2D eigenvalue weighted by molar-refractivity contribution is 6.31. The summed E-state index contributed by atoms with van der Waals surface area (Å²) < 4.78 is 6.61. The van der Waals surface area contributed by atoms with Crippen LogP contribution in [0, 0.1) is 20.8 Å². The molecule has 8 nitrogen and oxygen atoms in total. The molecule has 0 unspecified atom stereocenters. The number of hydrogen-bond donors (Lipinski definition) is 0. The Labute approximate surface area is 155 Å². The lowest BCUT2D eigenvalue weighted by Crippen LogP contribution is -2.44. The third-order valence-electron chi connectivity index (χ3n) is 4.36. The van der Waals surface area contributed by atoms with Crippen LogP contribution in [-0.4, -0.2) is 49.9 Å². The fourth-order valence-electron chi connectivity index (χ4n) is 3.05. The average Bonchev–Trinajstić information content (AvgIpc) is 3.26. The van der Waals surface area contributed by atoms with Crippen LogP contribution in [0.4, 0.5) is 0 Å². The summed E-state index contributed by atoms with van der Waals surface area (Å²) in [4.78, 5) is 25.5. The summed E-state index contributed by atoms with van der Waals surface area (Å²) in [5.41, 5.74) is 2.33. The van der Waals surface area contributed by atoms with Gasteiger partial charge in [0.1, 0.15) is 16.5 Å². The third-order valence-corrected chi connectivity index (χ3v) is 4.80. The van der Waals surface area contributed by atoms with Gasteiger partial charge in [-0.1, -0.05) is 16.8 Å². The van der Waals surface area contributed by atoms with Gasteiger partial charge in [-0.25, -0.2) is 10.0 Å². The van der Waals surface area contributed by atoms with Crippen LogP contribution in [-0.2, 0) is 11.8 Å². The molecular weight excluding hydrogens is 358 g/mol. The highest BCUT2D eigenvalue weighted by atomic mass is 35.5. The van der Waals surface area contributed by atoms with E-state index in [1.54, 1.807) is 31.7 Å². The first kappa shape index (κ1) is 18.2. The smallest absolute Gasteiger partial charge is 0.277 e. The molecule has 0 bridgehead atoms. The van der Waals surface area contributed by atoms with Gasteiger partial charge in [0.2, 0.25) is 0 Å².